The first-order chi connectivity index (χ1) is 21.5. The van der Waals surface area contributed by atoms with Gasteiger partial charge in [-0.15, -0.1) is 0 Å². The molecule has 7 unspecified atom stereocenters. The maximum Gasteiger partial charge on any atom is 0.317 e. The average Bonchev–Trinajstić information content (AvgIpc) is 3.42. The van der Waals surface area contributed by atoms with Crippen LogP contribution in [0.4, 0.5) is 0 Å². The second-order valence-electron chi connectivity index (χ2n) is 11.5. The number of methoxy groups -OCH3 is 2. The van der Waals surface area contributed by atoms with E-state index in [0.29, 0.717) is 48.7 Å². The first-order valence-corrected chi connectivity index (χ1v) is 14.5. The van der Waals surface area contributed by atoms with E-state index in [4.69, 9.17) is 38.3 Å². The van der Waals surface area contributed by atoms with Crippen molar-refractivity contribution in [3.63, 3.8) is 0 Å². The molecule has 0 radical (unpaired) electrons. The van der Waals surface area contributed by atoms with Gasteiger partial charge in [0, 0.05) is 30.0 Å². The molecule has 2 aromatic rings. The minimum Gasteiger partial charge on any atom is -0.493 e. The molecule has 7 atom stereocenters. The van der Waals surface area contributed by atoms with Gasteiger partial charge in [0.15, 0.2) is 11.5 Å². The Morgan fingerprint density at radius 1 is 0.978 bits per heavy atom. The number of aliphatic hydroxyl groups excluding tert-OH is 3. The number of hydrogen-bond acceptors (Lipinski definition) is 13. The summed E-state index contributed by atoms with van der Waals surface area (Å²) in [4.78, 5) is 34.7. The largest absolute Gasteiger partial charge is 0.493 e. The van der Waals surface area contributed by atoms with Crippen LogP contribution in [0.2, 0.25) is 0 Å². The summed E-state index contributed by atoms with van der Waals surface area (Å²) in [6, 6.07) is 8.72. The Balaban J connectivity index is 1.28. The van der Waals surface area contributed by atoms with Gasteiger partial charge in [0.05, 0.1) is 20.1 Å². The van der Waals surface area contributed by atoms with Gasteiger partial charge in [0.2, 0.25) is 12.0 Å². The van der Waals surface area contributed by atoms with E-state index in [1.54, 1.807) is 25.3 Å². The Morgan fingerprint density at radius 3 is 2.40 bits per heavy atom. The van der Waals surface area contributed by atoms with Gasteiger partial charge in [-0.3, -0.25) is 14.4 Å². The number of esters is 1. The van der Waals surface area contributed by atoms with Gasteiger partial charge in [-0.1, -0.05) is 6.07 Å². The minimum absolute atomic E-state index is 0.155. The van der Waals surface area contributed by atoms with Gasteiger partial charge in [0.25, 0.3) is 0 Å². The Bertz CT molecular complexity index is 1480. The van der Waals surface area contributed by atoms with E-state index in [1.807, 2.05) is 12.1 Å². The molecular formula is C31H34O14. The van der Waals surface area contributed by atoms with Crippen molar-refractivity contribution in [2.45, 2.75) is 80.4 Å². The van der Waals surface area contributed by atoms with Crippen LogP contribution in [0.25, 0.3) is 0 Å². The van der Waals surface area contributed by atoms with E-state index < -0.39 is 67.4 Å². The zero-order valence-electron chi connectivity index (χ0n) is 24.5. The molecule has 1 aliphatic carbocycles. The van der Waals surface area contributed by atoms with Gasteiger partial charge in [-0.25, -0.2) is 0 Å². The molecule has 0 bridgehead atoms. The number of hydrogen-bond donors (Lipinski definition) is 4. The zero-order valence-corrected chi connectivity index (χ0v) is 24.5. The molecule has 14 heteroatoms. The van der Waals surface area contributed by atoms with Crippen LogP contribution in [-0.4, -0.2) is 95.3 Å². The van der Waals surface area contributed by atoms with Crippen LogP contribution in [0.5, 0.6) is 28.7 Å². The van der Waals surface area contributed by atoms with Crippen molar-refractivity contribution in [2.24, 2.45) is 0 Å². The first kappa shape index (κ1) is 30.9. The second-order valence-corrected chi connectivity index (χ2v) is 11.5. The van der Waals surface area contributed by atoms with E-state index in [9.17, 15) is 29.7 Å². The summed E-state index contributed by atoms with van der Waals surface area (Å²) in [6.07, 6.45) is -7.62. The van der Waals surface area contributed by atoms with Gasteiger partial charge >= 0.3 is 11.9 Å². The summed E-state index contributed by atoms with van der Waals surface area (Å²) < 4.78 is 40.8. The van der Waals surface area contributed by atoms with E-state index in [-0.39, 0.29) is 17.5 Å². The molecule has 242 valence electrons. The number of rotatable bonds is 8. The molecule has 0 amide bonds. The van der Waals surface area contributed by atoms with Crippen LogP contribution >= 0.6 is 0 Å². The molecule has 6 rings (SSSR count). The molecule has 1 saturated carbocycles. The first-order valence-electron chi connectivity index (χ1n) is 14.5. The molecule has 1 spiro atoms. The van der Waals surface area contributed by atoms with Crippen molar-refractivity contribution >= 4 is 17.7 Å². The predicted molar refractivity (Wildman–Crippen MR) is 149 cm³/mol. The van der Waals surface area contributed by atoms with E-state index in [1.165, 1.54) is 7.11 Å². The Morgan fingerprint density at radius 2 is 1.71 bits per heavy atom. The monoisotopic (exact) mass is 630 g/mol. The Labute approximate surface area is 257 Å². The highest BCUT2D eigenvalue weighted by Crippen LogP contribution is 2.63. The van der Waals surface area contributed by atoms with Crippen molar-refractivity contribution in [1.29, 1.82) is 0 Å². The molecule has 3 heterocycles. The number of aliphatic carboxylic acids is 1. The molecule has 4 aliphatic rings. The number of Topliss-reactive ketones (excluding diaryl/α,β-unsaturated/α-hetero) is 1. The summed E-state index contributed by atoms with van der Waals surface area (Å²) in [5, 5.41) is 40.2. The third-order valence-electron chi connectivity index (χ3n) is 8.86. The molecule has 45 heavy (non-hydrogen) atoms. The summed E-state index contributed by atoms with van der Waals surface area (Å²) in [5.74, 6) is -0.401. The summed E-state index contributed by atoms with van der Waals surface area (Å²) in [6.45, 7) is -0.583. The molecule has 1 saturated heterocycles. The fourth-order valence-electron chi connectivity index (χ4n) is 6.63. The van der Waals surface area contributed by atoms with Crippen molar-refractivity contribution in [1.82, 2.24) is 0 Å². The smallest absolute Gasteiger partial charge is 0.317 e. The topological polar surface area (TPSA) is 197 Å². The number of carboxylic acids is 1. The van der Waals surface area contributed by atoms with Gasteiger partial charge in [0.1, 0.15) is 66.4 Å². The standard InChI is InChI=1S/C31H34O14/c1-39-18-6-5-17-23-27(44-28(17)29(18)40-2)16-4-3-15(11-19(16)45-31(23)9-7-14(32)8-10-31)42-30-26(38)25(37)24(36)20(43-30)13-41-22(35)12-21(33)34/h3-6,11,20,23-27,30,36-38H,7-10,12-13H2,1-2H3,(H,33,34). The van der Waals surface area contributed by atoms with Gasteiger partial charge in [-0.2, -0.15) is 0 Å². The van der Waals surface area contributed by atoms with E-state index in [2.05, 4.69) is 0 Å². The predicted octanol–water partition coefficient (Wildman–Crippen LogP) is 1.40. The molecule has 3 aliphatic heterocycles. The highest BCUT2D eigenvalue weighted by atomic mass is 16.7. The van der Waals surface area contributed by atoms with E-state index >= 15 is 0 Å². The van der Waals surface area contributed by atoms with Crippen LogP contribution in [0.1, 0.15) is 55.3 Å². The average molecular weight is 631 g/mol. The number of fused-ring (bicyclic) bond motifs is 6. The molecular weight excluding hydrogens is 596 g/mol. The summed E-state index contributed by atoms with van der Waals surface area (Å²) in [5.41, 5.74) is 0.830. The quantitative estimate of drug-likeness (QED) is 0.241. The van der Waals surface area contributed by atoms with Crippen LogP contribution in [0.15, 0.2) is 30.3 Å². The summed E-state index contributed by atoms with van der Waals surface area (Å²) in [7, 11) is 3.08. The third-order valence-corrected chi connectivity index (χ3v) is 8.86. The highest BCUT2D eigenvalue weighted by Gasteiger charge is 2.57. The molecule has 2 aromatic carbocycles. The van der Waals surface area contributed by atoms with Crippen molar-refractivity contribution in [3.05, 3.63) is 41.5 Å². The normalized spacial score (nSPS) is 29.4. The Hall–Kier alpha value is -4.11. The lowest BCUT2D eigenvalue weighted by molar-refractivity contribution is -0.278. The lowest BCUT2D eigenvalue weighted by Crippen LogP contribution is -2.60. The molecule has 2 fully saturated rings. The van der Waals surface area contributed by atoms with Crippen molar-refractivity contribution in [2.75, 3.05) is 20.8 Å². The lowest BCUT2D eigenvalue weighted by atomic mass is 9.68. The fraction of sp³-hybridized carbons (Fsp3) is 0.516. The van der Waals surface area contributed by atoms with Crippen LogP contribution in [-0.2, 0) is 23.9 Å². The highest BCUT2D eigenvalue weighted by molar-refractivity contribution is 5.90. The molecule has 0 aromatic heterocycles. The summed E-state index contributed by atoms with van der Waals surface area (Å²) >= 11 is 0. The Kier molecular flexibility index (Phi) is 8.24. The minimum atomic E-state index is -1.72. The number of carbonyl (C=O) groups is 3. The number of carbonyl (C=O) groups excluding carboxylic acids is 2. The van der Waals surface area contributed by atoms with Crippen LogP contribution < -0.4 is 23.7 Å². The second kappa shape index (κ2) is 12.0. The fourth-order valence-corrected chi connectivity index (χ4v) is 6.63. The lowest BCUT2D eigenvalue weighted by Gasteiger charge is -2.47. The van der Waals surface area contributed by atoms with Crippen molar-refractivity contribution in [3.8, 4) is 28.7 Å². The van der Waals surface area contributed by atoms with Crippen LogP contribution in [0.3, 0.4) is 0 Å². The number of aliphatic hydroxyl groups is 3. The number of benzene rings is 2. The maximum atomic E-state index is 12.3. The van der Waals surface area contributed by atoms with Crippen LogP contribution in [0, 0.1) is 0 Å². The van der Waals surface area contributed by atoms with Gasteiger partial charge < -0.3 is 53.6 Å². The van der Waals surface area contributed by atoms with Gasteiger partial charge in [-0.05, 0) is 31.0 Å². The number of ether oxygens (including phenoxy) is 7. The number of carboxylic acid groups (broad SMARTS) is 1. The van der Waals surface area contributed by atoms with E-state index in [0.717, 1.165) is 11.1 Å². The maximum absolute atomic E-state index is 12.3. The molecule has 14 nitrogen and oxygen atoms in total. The zero-order chi connectivity index (χ0) is 32.0. The molecule has 4 N–H and O–H groups in total. The van der Waals surface area contributed by atoms with Crippen molar-refractivity contribution < 1.29 is 68.0 Å². The third kappa shape index (κ3) is 5.52. The SMILES string of the molecule is COc1ccc2c(c1OC)OC1c3ccc(OC4OC(COC(=O)CC(=O)O)C(O)C(O)C4O)cc3OC3(CCC(=O)CC3)C21. The number of ketones is 1.